The predicted molar refractivity (Wildman–Crippen MR) is 188 cm³/mol. The maximum absolute atomic E-state index is 15.9. The lowest BCUT2D eigenvalue weighted by Crippen LogP contribution is -2.29. The van der Waals surface area contributed by atoms with Crippen LogP contribution in [0.15, 0.2) is 70.7 Å². The van der Waals surface area contributed by atoms with Crippen molar-refractivity contribution < 1.29 is 31.4 Å². The van der Waals surface area contributed by atoms with Crippen LogP contribution in [-0.2, 0) is 45.0 Å². The van der Waals surface area contributed by atoms with E-state index < -0.39 is 47.3 Å². The number of hydrogen-bond donors (Lipinski definition) is 3. The van der Waals surface area contributed by atoms with Gasteiger partial charge < -0.3 is 15.2 Å². The van der Waals surface area contributed by atoms with Crippen LogP contribution in [0.1, 0.15) is 62.5 Å². The third kappa shape index (κ3) is 6.98. The van der Waals surface area contributed by atoms with E-state index in [0.29, 0.717) is 41.8 Å². The van der Waals surface area contributed by atoms with E-state index in [2.05, 4.69) is 9.97 Å². The van der Waals surface area contributed by atoms with E-state index in [1.165, 1.54) is 23.0 Å². The zero-order valence-electron chi connectivity index (χ0n) is 28.5. The highest BCUT2D eigenvalue weighted by molar-refractivity contribution is 7.92. The summed E-state index contributed by atoms with van der Waals surface area (Å²) in [5.41, 5.74) is 0.946. The minimum Gasteiger partial charge on any atom is -0.394 e. The molecule has 0 aliphatic carbocycles. The quantitative estimate of drug-likeness (QED) is 0.238. The summed E-state index contributed by atoms with van der Waals surface area (Å²) in [6.07, 6.45) is 3.75. The number of hydrogen-bond acceptors (Lipinski definition) is 9. The summed E-state index contributed by atoms with van der Waals surface area (Å²) in [4.78, 5) is 11.5. The molecule has 0 saturated carbocycles. The van der Waals surface area contributed by atoms with Gasteiger partial charge in [0.1, 0.15) is 16.4 Å². The molecule has 4 bridgehead atoms. The van der Waals surface area contributed by atoms with E-state index in [0.717, 1.165) is 17.2 Å². The molecule has 6 rings (SSSR count). The summed E-state index contributed by atoms with van der Waals surface area (Å²) in [5, 5.41) is 24.8. The van der Waals surface area contributed by atoms with Crippen LogP contribution >= 0.6 is 0 Å². The summed E-state index contributed by atoms with van der Waals surface area (Å²) in [5.74, 6) is -0.719. The van der Waals surface area contributed by atoms with E-state index >= 15 is 4.39 Å². The molecular weight excluding hydrogens is 682 g/mol. The first kappa shape index (κ1) is 35.8. The third-order valence-electron chi connectivity index (χ3n) is 9.71. The van der Waals surface area contributed by atoms with Gasteiger partial charge in [-0.3, -0.25) is 4.98 Å². The molecule has 1 aliphatic heterocycles. The van der Waals surface area contributed by atoms with Crippen LogP contribution in [-0.4, -0.2) is 76.0 Å². The Kier molecular flexibility index (Phi) is 9.52. The highest BCUT2D eigenvalue weighted by Crippen LogP contribution is 2.40. The zero-order valence-corrected chi connectivity index (χ0v) is 30.2. The van der Waals surface area contributed by atoms with Crippen LogP contribution in [0.2, 0.25) is 0 Å². The molecule has 1 aliphatic rings. The Bertz CT molecular complexity index is 2280. The topological polar surface area (TPSA) is 168 Å². The fraction of sp³-hybridized carbons (Fsp3) is 0.417. The van der Waals surface area contributed by atoms with Gasteiger partial charge in [0, 0.05) is 36.8 Å². The number of pyridine rings is 1. The number of benzene rings is 2. The monoisotopic (exact) mass is 723 g/mol. The van der Waals surface area contributed by atoms with Gasteiger partial charge >= 0.3 is 0 Å². The molecule has 0 saturated heterocycles. The second kappa shape index (κ2) is 13.3. The van der Waals surface area contributed by atoms with Crippen LogP contribution in [0.3, 0.4) is 0 Å². The Morgan fingerprint density at radius 3 is 2.60 bits per heavy atom. The van der Waals surface area contributed by atoms with Crippen molar-refractivity contribution in [2.75, 3.05) is 18.1 Å². The molecule has 5 aromatic rings. The smallest absolute Gasteiger partial charge is 0.209 e. The fourth-order valence-electron chi connectivity index (χ4n) is 7.10. The van der Waals surface area contributed by atoms with Gasteiger partial charge in [-0.1, -0.05) is 44.5 Å². The van der Waals surface area contributed by atoms with Crippen molar-refractivity contribution in [1.82, 2.24) is 24.7 Å². The number of rotatable bonds is 4. The second-order valence-corrected chi connectivity index (χ2v) is 18.4. The van der Waals surface area contributed by atoms with Gasteiger partial charge in [-0.15, -0.1) is 0 Å². The number of nitrogens with zero attached hydrogens (tertiary/aromatic N) is 4. The molecule has 14 heteroatoms. The van der Waals surface area contributed by atoms with E-state index in [1.54, 1.807) is 19.3 Å². The molecule has 0 unspecified atom stereocenters. The van der Waals surface area contributed by atoms with Crippen LogP contribution in [0.5, 0.6) is 0 Å². The van der Waals surface area contributed by atoms with Crippen molar-refractivity contribution in [3.8, 4) is 11.5 Å². The van der Waals surface area contributed by atoms with E-state index in [-0.39, 0.29) is 47.1 Å². The molecule has 3 N–H and O–H groups in total. The number of aliphatic hydroxyl groups is 2. The van der Waals surface area contributed by atoms with Crippen molar-refractivity contribution in [3.05, 3.63) is 89.3 Å². The van der Waals surface area contributed by atoms with Crippen LogP contribution in [0.25, 0.3) is 22.4 Å². The molecule has 2 atom stereocenters. The average molecular weight is 724 g/mol. The van der Waals surface area contributed by atoms with Crippen LogP contribution in [0, 0.1) is 11.2 Å². The molecule has 0 amide bonds. The first-order chi connectivity index (χ1) is 23.5. The van der Waals surface area contributed by atoms with Crippen LogP contribution < -0.4 is 0 Å². The molecule has 4 heterocycles. The summed E-state index contributed by atoms with van der Waals surface area (Å²) in [7, 11) is -6.54. The Hall–Kier alpha value is -3.98. The van der Waals surface area contributed by atoms with Crippen molar-refractivity contribution in [2.24, 2.45) is 12.5 Å². The Balaban J connectivity index is 1.54. The zero-order chi connectivity index (χ0) is 36.1. The minimum absolute atomic E-state index is 0.104. The van der Waals surface area contributed by atoms with Crippen LogP contribution in [0.4, 0.5) is 4.39 Å². The molecule has 11 nitrogen and oxygen atoms in total. The SMILES string of the molecule is Cn1nc2nc1-c1cc(ccn1)S(=O)(=O)c1c(F)cc3[nH]ccc3c1CCS(=O)(=O)CC(C)(C)CCC[C@]2(C)c1cccc(C[C@@H](O)CO)c1. The Morgan fingerprint density at radius 2 is 1.84 bits per heavy atom. The molecule has 3 aromatic heterocycles. The number of aromatic amines is 1. The van der Waals surface area contributed by atoms with Crippen molar-refractivity contribution in [2.45, 2.75) is 74.2 Å². The first-order valence-corrected chi connectivity index (χ1v) is 19.8. The number of fused-ring (bicyclic) bond motifs is 8. The third-order valence-corrected chi connectivity index (χ3v) is 13.6. The fourth-order valence-corrected chi connectivity index (χ4v) is 10.7. The summed E-state index contributed by atoms with van der Waals surface area (Å²) in [6, 6.07) is 13.0. The number of nitrogens with one attached hydrogen (secondary N) is 1. The number of H-pyrrole nitrogens is 1. The number of sulfone groups is 2. The number of aliphatic hydroxyl groups excluding tert-OH is 2. The minimum atomic E-state index is -4.51. The standard InChI is InChI=1S/C36H42FN5O6S2/c1-35(2)12-6-13-36(3,24-8-5-7-23(17-24)18-25(44)21-43)34-40-33(42(4)41-34)31-19-26(9-14-39-31)50(47,48)32-28(11-16-49(45,46)22-35)27-10-15-38-30(27)20-29(32)37/h5,7-10,14-15,17,19-20,25,38,43-44H,6,11-13,16,18,21-22H2,1-4H3/t25-,36-/m1/s1. The molecule has 0 radical (unpaired) electrons. The average Bonchev–Trinajstić information content (AvgIpc) is 3.69. The Morgan fingerprint density at radius 1 is 1.06 bits per heavy atom. The maximum Gasteiger partial charge on any atom is 0.209 e. The highest BCUT2D eigenvalue weighted by atomic mass is 32.2. The molecule has 266 valence electrons. The molecule has 2 aromatic carbocycles. The molecule has 50 heavy (non-hydrogen) atoms. The van der Waals surface area contributed by atoms with Gasteiger partial charge in [0.05, 0.1) is 34.5 Å². The largest absolute Gasteiger partial charge is 0.394 e. The van der Waals surface area contributed by atoms with Gasteiger partial charge in [-0.25, -0.2) is 30.9 Å². The lowest BCUT2D eigenvalue weighted by molar-refractivity contribution is 0.0955. The van der Waals surface area contributed by atoms with Gasteiger partial charge in [0.15, 0.2) is 21.5 Å². The number of halogens is 1. The van der Waals surface area contributed by atoms with E-state index in [9.17, 15) is 27.0 Å². The second-order valence-electron chi connectivity index (χ2n) is 14.3. The summed E-state index contributed by atoms with van der Waals surface area (Å²) >= 11 is 0. The lowest BCUT2D eigenvalue weighted by Gasteiger charge is -2.31. The van der Waals surface area contributed by atoms with Gasteiger partial charge in [0.2, 0.25) is 9.84 Å². The van der Waals surface area contributed by atoms with E-state index in [4.69, 9.17) is 10.1 Å². The van der Waals surface area contributed by atoms with Gasteiger partial charge in [-0.05, 0) is 72.6 Å². The predicted octanol–water partition coefficient (Wildman–Crippen LogP) is 4.70. The maximum atomic E-state index is 15.9. The lowest BCUT2D eigenvalue weighted by atomic mass is 9.75. The Labute approximate surface area is 291 Å². The van der Waals surface area contributed by atoms with Crippen molar-refractivity contribution in [3.63, 3.8) is 0 Å². The van der Waals surface area contributed by atoms with E-state index in [1.807, 2.05) is 45.0 Å². The van der Waals surface area contributed by atoms with Crippen molar-refractivity contribution in [1.29, 1.82) is 0 Å². The van der Waals surface area contributed by atoms with Gasteiger partial charge in [-0.2, -0.15) is 5.10 Å². The molecule has 0 spiro atoms. The first-order valence-electron chi connectivity index (χ1n) is 16.5. The van der Waals surface area contributed by atoms with Gasteiger partial charge in [0.25, 0.3) is 0 Å². The summed E-state index contributed by atoms with van der Waals surface area (Å²) < 4.78 is 73.3. The normalized spacial score (nSPS) is 21.2. The number of aryl methyl sites for hydroxylation is 2. The highest BCUT2D eigenvalue weighted by Gasteiger charge is 2.37. The van der Waals surface area contributed by atoms with Crippen molar-refractivity contribution >= 4 is 30.6 Å². The number of aromatic nitrogens is 5. The molecular formula is C36H42FN5O6S2. The summed E-state index contributed by atoms with van der Waals surface area (Å²) in [6.45, 7) is 5.43. The molecule has 0 fully saturated rings.